The van der Waals surface area contributed by atoms with Crippen molar-refractivity contribution in [2.45, 2.75) is 6.54 Å². The van der Waals surface area contributed by atoms with Gasteiger partial charge in [-0.25, -0.2) is 13.6 Å². The maximum Gasteiger partial charge on any atom is 0.338 e. The first-order valence-corrected chi connectivity index (χ1v) is 5.96. The van der Waals surface area contributed by atoms with E-state index in [0.29, 0.717) is 16.8 Å². The molecule has 20 heavy (non-hydrogen) atoms. The molecule has 2 aromatic rings. The number of halogens is 2. The Hall–Kier alpha value is -2.43. The van der Waals surface area contributed by atoms with Gasteiger partial charge in [0.15, 0.2) is 0 Å². The van der Waals surface area contributed by atoms with Gasteiger partial charge in [-0.3, -0.25) is 0 Å². The van der Waals surface area contributed by atoms with Crippen molar-refractivity contribution in [3.05, 3.63) is 65.2 Å². The quantitative estimate of drug-likeness (QED) is 0.871. The van der Waals surface area contributed by atoms with E-state index in [4.69, 9.17) is 0 Å². The van der Waals surface area contributed by atoms with Gasteiger partial charge in [-0.15, -0.1) is 0 Å². The van der Waals surface area contributed by atoms with E-state index in [1.807, 2.05) is 0 Å². The van der Waals surface area contributed by atoms with Gasteiger partial charge in [0.2, 0.25) is 0 Å². The summed E-state index contributed by atoms with van der Waals surface area (Å²) in [6, 6.07) is 10.0. The highest BCUT2D eigenvalue weighted by Crippen LogP contribution is 2.16. The molecule has 1 N–H and O–H groups in total. The van der Waals surface area contributed by atoms with Crippen molar-refractivity contribution in [1.82, 2.24) is 0 Å². The number of carbonyl (C=O) groups excluding carboxylic acids is 1. The Balaban J connectivity index is 2.16. The van der Waals surface area contributed by atoms with Gasteiger partial charge in [0.05, 0.1) is 12.7 Å². The van der Waals surface area contributed by atoms with Crippen LogP contribution in [0.2, 0.25) is 0 Å². The fourth-order valence-corrected chi connectivity index (χ4v) is 1.84. The van der Waals surface area contributed by atoms with Gasteiger partial charge in [-0.1, -0.05) is 18.2 Å². The second-order valence-electron chi connectivity index (χ2n) is 4.16. The third-order valence-electron chi connectivity index (χ3n) is 2.77. The summed E-state index contributed by atoms with van der Waals surface area (Å²) in [5, 5.41) is 2.87. The molecule has 0 aliphatic heterocycles. The van der Waals surface area contributed by atoms with Gasteiger partial charge in [0.1, 0.15) is 11.6 Å². The standard InChI is InChI=1S/C15H13F2NO2/c1-20-15(19)14-5-3-2-4-10(14)9-18-13-7-11(16)6-12(17)8-13/h2-8,18H,9H2,1H3. The number of carbonyl (C=O) groups is 1. The van der Waals surface area contributed by atoms with Crippen LogP contribution in [-0.4, -0.2) is 13.1 Å². The normalized spacial score (nSPS) is 10.2. The Morgan fingerprint density at radius 3 is 2.45 bits per heavy atom. The van der Waals surface area contributed by atoms with Crippen LogP contribution in [0.15, 0.2) is 42.5 Å². The molecule has 104 valence electrons. The molecule has 2 rings (SSSR count). The van der Waals surface area contributed by atoms with Gasteiger partial charge >= 0.3 is 5.97 Å². The summed E-state index contributed by atoms with van der Waals surface area (Å²) < 4.78 is 30.8. The lowest BCUT2D eigenvalue weighted by Crippen LogP contribution is -2.09. The lowest BCUT2D eigenvalue weighted by molar-refractivity contribution is 0.0599. The molecule has 0 heterocycles. The molecule has 0 aromatic heterocycles. The molecule has 0 saturated heterocycles. The van der Waals surface area contributed by atoms with Crippen LogP contribution in [0, 0.1) is 11.6 Å². The molecule has 2 aromatic carbocycles. The minimum Gasteiger partial charge on any atom is -0.465 e. The Kier molecular flexibility index (Phi) is 4.30. The van der Waals surface area contributed by atoms with E-state index >= 15 is 0 Å². The van der Waals surface area contributed by atoms with Crippen molar-refractivity contribution < 1.29 is 18.3 Å². The molecule has 0 spiro atoms. The second kappa shape index (κ2) is 6.14. The molecule has 5 heteroatoms. The van der Waals surface area contributed by atoms with E-state index < -0.39 is 17.6 Å². The van der Waals surface area contributed by atoms with Crippen LogP contribution in [0.1, 0.15) is 15.9 Å². The Bertz CT molecular complexity index is 609. The molecule has 0 radical (unpaired) electrons. The number of nitrogens with one attached hydrogen (secondary N) is 1. The Morgan fingerprint density at radius 1 is 1.15 bits per heavy atom. The van der Waals surface area contributed by atoms with Gasteiger partial charge in [-0.2, -0.15) is 0 Å². The molecule has 0 saturated carbocycles. The van der Waals surface area contributed by atoms with E-state index in [1.54, 1.807) is 24.3 Å². The number of benzene rings is 2. The Labute approximate surface area is 115 Å². The zero-order chi connectivity index (χ0) is 14.5. The first kappa shape index (κ1) is 14.0. The van der Waals surface area contributed by atoms with Crippen LogP contribution in [0.25, 0.3) is 0 Å². The van der Waals surface area contributed by atoms with Crippen LogP contribution in [0.3, 0.4) is 0 Å². The molecular weight excluding hydrogens is 264 g/mol. The zero-order valence-electron chi connectivity index (χ0n) is 10.8. The van der Waals surface area contributed by atoms with Crippen molar-refractivity contribution in [2.24, 2.45) is 0 Å². The van der Waals surface area contributed by atoms with Crippen molar-refractivity contribution in [2.75, 3.05) is 12.4 Å². The van der Waals surface area contributed by atoms with Crippen LogP contribution in [0.4, 0.5) is 14.5 Å². The third kappa shape index (κ3) is 3.32. The van der Waals surface area contributed by atoms with Crippen molar-refractivity contribution in [3.8, 4) is 0 Å². The lowest BCUT2D eigenvalue weighted by atomic mass is 10.1. The van der Waals surface area contributed by atoms with E-state index in [-0.39, 0.29) is 6.54 Å². The summed E-state index contributed by atoms with van der Waals surface area (Å²) in [6.45, 7) is 0.258. The molecule has 0 amide bonds. The van der Waals surface area contributed by atoms with E-state index in [9.17, 15) is 13.6 Å². The summed E-state index contributed by atoms with van der Waals surface area (Å²) in [4.78, 5) is 11.6. The highest BCUT2D eigenvalue weighted by Gasteiger charge is 2.10. The summed E-state index contributed by atoms with van der Waals surface area (Å²) >= 11 is 0. The number of esters is 1. The third-order valence-corrected chi connectivity index (χ3v) is 2.77. The average Bonchev–Trinajstić information content (AvgIpc) is 2.43. The SMILES string of the molecule is COC(=O)c1ccccc1CNc1cc(F)cc(F)c1. The minimum atomic E-state index is -0.659. The fourth-order valence-electron chi connectivity index (χ4n) is 1.84. The average molecular weight is 277 g/mol. The number of hydrogen-bond donors (Lipinski definition) is 1. The summed E-state index contributed by atoms with van der Waals surface area (Å²) in [6.07, 6.45) is 0. The van der Waals surface area contributed by atoms with Crippen LogP contribution in [0.5, 0.6) is 0 Å². The topological polar surface area (TPSA) is 38.3 Å². The molecule has 0 fully saturated rings. The number of methoxy groups -OCH3 is 1. The maximum atomic E-state index is 13.1. The van der Waals surface area contributed by atoms with E-state index in [1.165, 1.54) is 19.2 Å². The number of anilines is 1. The van der Waals surface area contributed by atoms with Gasteiger partial charge in [-0.05, 0) is 23.8 Å². The highest BCUT2D eigenvalue weighted by atomic mass is 19.1. The molecule has 0 atom stereocenters. The highest BCUT2D eigenvalue weighted by molar-refractivity contribution is 5.91. The van der Waals surface area contributed by atoms with Crippen LogP contribution < -0.4 is 5.32 Å². The predicted molar refractivity (Wildman–Crippen MR) is 71.5 cm³/mol. The summed E-state index contributed by atoms with van der Waals surface area (Å²) in [5.41, 5.74) is 1.41. The predicted octanol–water partition coefficient (Wildman–Crippen LogP) is 3.36. The molecule has 0 bridgehead atoms. The smallest absolute Gasteiger partial charge is 0.338 e. The first-order valence-electron chi connectivity index (χ1n) is 5.96. The minimum absolute atomic E-state index is 0.258. The monoisotopic (exact) mass is 277 g/mol. The summed E-state index contributed by atoms with van der Waals surface area (Å²) in [5.74, 6) is -1.77. The second-order valence-corrected chi connectivity index (χ2v) is 4.16. The molecule has 3 nitrogen and oxygen atoms in total. The molecule has 0 aliphatic rings. The van der Waals surface area contributed by atoms with E-state index in [0.717, 1.165) is 6.07 Å². The fraction of sp³-hybridized carbons (Fsp3) is 0.133. The maximum absolute atomic E-state index is 13.1. The van der Waals surface area contributed by atoms with Crippen LogP contribution >= 0.6 is 0 Å². The molecular formula is C15H13F2NO2. The van der Waals surface area contributed by atoms with E-state index in [2.05, 4.69) is 10.1 Å². The zero-order valence-corrected chi connectivity index (χ0v) is 10.8. The first-order chi connectivity index (χ1) is 9.60. The van der Waals surface area contributed by atoms with Gasteiger partial charge in [0, 0.05) is 18.3 Å². The van der Waals surface area contributed by atoms with Gasteiger partial charge in [0.25, 0.3) is 0 Å². The largest absolute Gasteiger partial charge is 0.465 e. The molecule has 0 aliphatic carbocycles. The number of rotatable bonds is 4. The lowest BCUT2D eigenvalue weighted by Gasteiger charge is -2.10. The number of hydrogen-bond acceptors (Lipinski definition) is 3. The Morgan fingerprint density at radius 2 is 1.80 bits per heavy atom. The van der Waals surface area contributed by atoms with Gasteiger partial charge < -0.3 is 10.1 Å². The van der Waals surface area contributed by atoms with Crippen molar-refractivity contribution >= 4 is 11.7 Å². The van der Waals surface area contributed by atoms with Crippen molar-refractivity contribution in [3.63, 3.8) is 0 Å². The van der Waals surface area contributed by atoms with Crippen molar-refractivity contribution in [1.29, 1.82) is 0 Å². The number of ether oxygens (including phenoxy) is 1. The molecule has 0 unspecified atom stereocenters. The van der Waals surface area contributed by atoms with Crippen LogP contribution in [-0.2, 0) is 11.3 Å². The summed E-state index contributed by atoms with van der Waals surface area (Å²) in [7, 11) is 1.30.